The van der Waals surface area contributed by atoms with Crippen LogP contribution >= 0.6 is 0 Å². The zero-order valence-corrected chi connectivity index (χ0v) is 10.0. The molecule has 0 radical (unpaired) electrons. The van der Waals surface area contributed by atoms with E-state index in [9.17, 15) is 4.79 Å². The summed E-state index contributed by atoms with van der Waals surface area (Å²) in [6.07, 6.45) is 4.20. The number of nitrogens with zero attached hydrogens (tertiary/aromatic N) is 1. The molecule has 2 heterocycles. The highest BCUT2D eigenvalue weighted by Crippen LogP contribution is 2.35. The van der Waals surface area contributed by atoms with Crippen LogP contribution in [0.3, 0.4) is 0 Å². The van der Waals surface area contributed by atoms with Gasteiger partial charge in [-0.1, -0.05) is 0 Å². The van der Waals surface area contributed by atoms with Gasteiger partial charge in [-0.2, -0.15) is 5.10 Å². The SMILES string of the molecule is Cc1cc(/C=C2/C(=O)NN=C2C2CC2)[nH]c1C. The molecular formula is C13H15N3O. The van der Waals surface area contributed by atoms with E-state index in [2.05, 4.69) is 28.5 Å². The van der Waals surface area contributed by atoms with Crippen molar-refractivity contribution in [3.05, 3.63) is 28.6 Å². The van der Waals surface area contributed by atoms with Crippen LogP contribution in [0.5, 0.6) is 0 Å². The van der Waals surface area contributed by atoms with E-state index in [-0.39, 0.29) is 5.91 Å². The monoisotopic (exact) mass is 229 g/mol. The summed E-state index contributed by atoms with van der Waals surface area (Å²) in [7, 11) is 0. The number of aromatic amines is 1. The number of H-pyrrole nitrogens is 1. The Hall–Kier alpha value is -1.84. The second kappa shape index (κ2) is 3.58. The fraction of sp³-hybridized carbons (Fsp3) is 0.385. The predicted molar refractivity (Wildman–Crippen MR) is 66.5 cm³/mol. The Bertz CT molecular complexity index is 528. The van der Waals surface area contributed by atoms with Gasteiger partial charge in [-0.05, 0) is 44.4 Å². The van der Waals surface area contributed by atoms with E-state index >= 15 is 0 Å². The van der Waals surface area contributed by atoms with Gasteiger partial charge in [-0.3, -0.25) is 4.79 Å². The number of hydrogen-bond acceptors (Lipinski definition) is 2. The molecule has 2 aliphatic rings. The average molecular weight is 229 g/mol. The number of hydrazone groups is 1. The maximum absolute atomic E-state index is 11.7. The number of aryl methyl sites for hydroxylation is 2. The summed E-state index contributed by atoms with van der Waals surface area (Å²) in [4.78, 5) is 15.0. The third-order valence-corrected chi connectivity index (χ3v) is 3.36. The third-order valence-electron chi connectivity index (χ3n) is 3.36. The van der Waals surface area contributed by atoms with Crippen molar-refractivity contribution in [2.75, 3.05) is 0 Å². The number of carbonyl (C=O) groups is 1. The quantitative estimate of drug-likeness (QED) is 0.748. The normalized spacial score (nSPS) is 21.9. The van der Waals surface area contributed by atoms with Crippen LogP contribution in [0.25, 0.3) is 6.08 Å². The maximum Gasteiger partial charge on any atom is 0.273 e. The fourth-order valence-corrected chi connectivity index (χ4v) is 2.08. The molecule has 1 aliphatic heterocycles. The third kappa shape index (κ3) is 1.79. The van der Waals surface area contributed by atoms with E-state index in [0.717, 1.165) is 29.9 Å². The zero-order valence-electron chi connectivity index (χ0n) is 10.0. The van der Waals surface area contributed by atoms with E-state index in [1.54, 1.807) is 0 Å². The summed E-state index contributed by atoms with van der Waals surface area (Å²) < 4.78 is 0. The smallest absolute Gasteiger partial charge is 0.273 e. The molecule has 1 fully saturated rings. The average Bonchev–Trinajstić information content (AvgIpc) is 2.99. The largest absolute Gasteiger partial charge is 0.359 e. The van der Waals surface area contributed by atoms with E-state index in [0.29, 0.717) is 11.5 Å². The second-order valence-corrected chi connectivity index (χ2v) is 4.80. The summed E-state index contributed by atoms with van der Waals surface area (Å²) in [5, 5.41) is 4.12. The lowest BCUT2D eigenvalue weighted by atomic mass is 10.1. The molecule has 0 bridgehead atoms. The first-order chi connectivity index (χ1) is 8.15. The number of hydrogen-bond donors (Lipinski definition) is 2. The Balaban J connectivity index is 1.96. The molecule has 3 rings (SSSR count). The van der Waals surface area contributed by atoms with Gasteiger partial charge >= 0.3 is 0 Å². The minimum atomic E-state index is -0.0863. The van der Waals surface area contributed by atoms with Gasteiger partial charge in [0.2, 0.25) is 0 Å². The lowest BCUT2D eigenvalue weighted by molar-refractivity contribution is -0.116. The lowest BCUT2D eigenvalue weighted by Gasteiger charge is -1.97. The van der Waals surface area contributed by atoms with Gasteiger partial charge in [-0.25, -0.2) is 5.43 Å². The van der Waals surface area contributed by atoms with E-state index in [1.807, 2.05) is 13.0 Å². The van der Waals surface area contributed by atoms with Crippen LogP contribution in [0.2, 0.25) is 0 Å². The van der Waals surface area contributed by atoms with Crippen LogP contribution in [0.4, 0.5) is 0 Å². The number of rotatable bonds is 2. The van der Waals surface area contributed by atoms with Crippen LogP contribution in [0.1, 0.15) is 29.8 Å². The molecule has 0 atom stereocenters. The van der Waals surface area contributed by atoms with Gasteiger partial charge in [0.15, 0.2) is 0 Å². The van der Waals surface area contributed by atoms with Crippen LogP contribution in [-0.4, -0.2) is 16.6 Å². The Kier molecular flexibility index (Phi) is 2.18. The topological polar surface area (TPSA) is 57.2 Å². The fourth-order valence-electron chi connectivity index (χ4n) is 2.08. The first-order valence-corrected chi connectivity index (χ1v) is 5.91. The van der Waals surface area contributed by atoms with E-state index < -0.39 is 0 Å². The number of amides is 1. The summed E-state index contributed by atoms with van der Waals surface area (Å²) in [5.74, 6) is 0.397. The summed E-state index contributed by atoms with van der Waals surface area (Å²) in [6, 6.07) is 2.05. The molecule has 4 heteroatoms. The summed E-state index contributed by atoms with van der Waals surface area (Å²) >= 11 is 0. The van der Waals surface area contributed by atoms with Gasteiger partial charge in [0.05, 0.1) is 11.3 Å². The molecule has 1 aliphatic carbocycles. The molecule has 4 nitrogen and oxygen atoms in total. The standard InChI is InChI=1S/C13H15N3O/c1-7-5-10(14-8(7)2)6-11-12(9-3-4-9)15-16-13(11)17/h5-6,9,14H,3-4H2,1-2H3,(H,16,17)/b11-6+. The number of aromatic nitrogens is 1. The molecular weight excluding hydrogens is 214 g/mol. The molecule has 1 aromatic rings. The Morgan fingerprint density at radius 3 is 2.76 bits per heavy atom. The van der Waals surface area contributed by atoms with Gasteiger partial charge in [0, 0.05) is 17.3 Å². The summed E-state index contributed by atoms with van der Waals surface area (Å²) in [6.45, 7) is 4.08. The minimum Gasteiger partial charge on any atom is -0.359 e. The van der Waals surface area contributed by atoms with Gasteiger partial charge in [0.1, 0.15) is 0 Å². The van der Waals surface area contributed by atoms with E-state index in [1.165, 1.54) is 5.56 Å². The van der Waals surface area contributed by atoms with Crippen molar-refractivity contribution in [3.8, 4) is 0 Å². The van der Waals surface area contributed by atoms with Crippen molar-refractivity contribution < 1.29 is 4.79 Å². The number of nitrogens with one attached hydrogen (secondary N) is 2. The molecule has 17 heavy (non-hydrogen) atoms. The lowest BCUT2D eigenvalue weighted by Crippen LogP contribution is -2.13. The number of carbonyl (C=O) groups excluding carboxylic acids is 1. The first-order valence-electron chi connectivity index (χ1n) is 5.91. The predicted octanol–water partition coefficient (Wildman–Crippen LogP) is 1.91. The maximum atomic E-state index is 11.7. The van der Waals surface area contributed by atoms with Gasteiger partial charge in [-0.15, -0.1) is 0 Å². The molecule has 0 unspecified atom stereocenters. The highest BCUT2D eigenvalue weighted by molar-refractivity contribution is 6.28. The molecule has 0 spiro atoms. The van der Waals surface area contributed by atoms with E-state index in [4.69, 9.17) is 0 Å². The van der Waals surface area contributed by atoms with Gasteiger partial charge < -0.3 is 4.98 Å². The van der Waals surface area contributed by atoms with Crippen LogP contribution in [0, 0.1) is 19.8 Å². The van der Waals surface area contributed by atoms with Crippen LogP contribution < -0.4 is 5.43 Å². The van der Waals surface area contributed by atoms with Crippen LogP contribution in [-0.2, 0) is 4.79 Å². The van der Waals surface area contributed by atoms with Crippen molar-refractivity contribution in [1.82, 2.24) is 10.4 Å². The van der Waals surface area contributed by atoms with Crippen molar-refractivity contribution in [3.63, 3.8) is 0 Å². The highest BCUT2D eigenvalue weighted by atomic mass is 16.2. The first kappa shape index (κ1) is 10.3. The van der Waals surface area contributed by atoms with Crippen molar-refractivity contribution >= 4 is 17.7 Å². The minimum absolute atomic E-state index is 0.0863. The molecule has 88 valence electrons. The molecule has 2 N–H and O–H groups in total. The Morgan fingerprint density at radius 2 is 2.18 bits per heavy atom. The second-order valence-electron chi connectivity index (χ2n) is 4.80. The summed E-state index contributed by atoms with van der Waals surface area (Å²) in [5.41, 5.74) is 7.52. The highest BCUT2D eigenvalue weighted by Gasteiger charge is 2.35. The zero-order chi connectivity index (χ0) is 12.0. The van der Waals surface area contributed by atoms with Gasteiger partial charge in [0.25, 0.3) is 5.91 Å². The molecule has 1 amide bonds. The molecule has 0 saturated heterocycles. The molecule has 1 saturated carbocycles. The van der Waals surface area contributed by atoms with Crippen molar-refractivity contribution in [2.24, 2.45) is 11.0 Å². The van der Waals surface area contributed by atoms with Crippen LogP contribution in [0.15, 0.2) is 16.7 Å². The molecule has 1 aromatic heterocycles. The Morgan fingerprint density at radius 1 is 1.41 bits per heavy atom. The molecule has 0 aromatic carbocycles. The van der Waals surface area contributed by atoms with Crippen molar-refractivity contribution in [2.45, 2.75) is 26.7 Å². The Labute approximate surface area is 99.8 Å². The van der Waals surface area contributed by atoms with Crippen molar-refractivity contribution in [1.29, 1.82) is 0 Å².